The Balaban J connectivity index is 1.88. The van der Waals surface area contributed by atoms with E-state index < -0.39 is 6.98 Å². The van der Waals surface area contributed by atoms with Crippen LogP contribution >= 0.6 is 0 Å². The molecule has 0 unspecified atom stereocenters. The van der Waals surface area contributed by atoms with Crippen LogP contribution in [0.2, 0.25) is 0 Å². The summed E-state index contributed by atoms with van der Waals surface area (Å²) in [5, 5.41) is 0.927. The molecule has 5 heterocycles. The Bertz CT molecular complexity index is 1410. The van der Waals surface area contributed by atoms with Gasteiger partial charge >= 0.3 is 0 Å². The van der Waals surface area contributed by atoms with Gasteiger partial charge in [0.05, 0.1) is 28.6 Å². The molecule has 0 saturated carbocycles. The Labute approximate surface area is 154 Å². The maximum atomic E-state index is 8.35. The number of aromatic nitrogens is 5. The third kappa shape index (κ3) is 1.57. The second kappa shape index (κ2) is 4.79. The molecule has 5 aromatic rings. The lowest BCUT2D eigenvalue weighted by atomic mass is 10.2. The van der Waals surface area contributed by atoms with Crippen LogP contribution in [0.25, 0.3) is 39.1 Å². The summed E-state index contributed by atoms with van der Waals surface area (Å²) < 4.78 is 30.6. The van der Waals surface area contributed by atoms with Crippen LogP contribution < -0.4 is 4.57 Å². The first-order valence-electron chi connectivity index (χ1n) is 9.97. The summed E-state index contributed by atoms with van der Waals surface area (Å²) in [5.74, 6) is 0.683. The van der Waals surface area contributed by atoms with E-state index >= 15 is 0 Å². The smallest absolute Gasteiger partial charge is 0.264 e. The minimum absolute atomic E-state index is 0.584. The van der Waals surface area contributed by atoms with E-state index in [9.17, 15) is 0 Å². The van der Waals surface area contributed by atoms with Crippen LogP contribution in [-0.2, 0) is 13.5 Å². The van der Waals surface area contributed by atoms with Crippen molar-refractivity contribution in [3.8, 4) is 17.1 Å². The fraction of sp³-hybridized carbons (Fsp3) is 0.0952. The van der Waals surface area contributed by atoms with Crippen LogP contribution in [0.15, 0.2) is 67.3 Å². The van der Waals surface area contributed by atoms with Gasteiger partial charge in [0.25, 0.3) is 5.65 Å². The van der Waals surface area contributed by atoms with E-state index in [0.29, 0.717) is 18.0 Å². The first-order valence-corrected chi connectivity index (χ1v) is 8.47. The zero-order valence-corrected chi connectivity index (χ0v) is 13.8. The molecule has 0 aliphatic carbocycles. The lowest BCUT2D eigenvalue weighted by molar-refractivity contribution is -0.636. The molecule has 0 amide bonds. The highest BCUT2D eigenvalue weighted by molar-refractivity contribution is 6.05. The van der Waals surface area contributed by atoms with Gasteiger partial charge in [-0.1, -0.05) is 18.2 Å². The number of para-hydroxylation sites is 1. The summed E-state index contributed by atoms with van der Waals surface area (Å²) in [6, 6.07) is 13.7. The van der Waals surface area contributed by atoms with Gasteiger partial charge in [0.2, 0.25) is 5.82 Å². The number of rotatable bonds is 1. The average molecular weight is 341 g/mol. The van der Waals surface area contributed by atoms with Gasteiger partial charge in [-0.25, -0.2) is 13.7 Å². The summed E-state index contributed by atoms with van der Waals surface area (Å²) in [5.41, 5.74) is 5.29. The zero-order chi connectivity index (χ0) is 19.8. The van der Waals surface area contributed by atoms with Crippen molar-refractivity contribution in [2.75, 3.05) is 0 Å². The van der Waals surface area contributed by atoms with Crippen molar-refractivity contribution >= 4 is 22.1 Å². The summed E-state index contributed by atoms with van der Waals surface area (Å²) in [6.45, 7) is -1.76. The van der Waals surface area contributed by atoms with Crippen molar-refractivity contribution in [3.05, 3.63) is 72.8 Å². The minimum atomic E-state index is -2.35. The first kappa shape index (κ1) is 11.2. The summed E-state index contributed by atoms with van der Waals surface area (Å²) in [7, 11) is 0. The third-order valence-corrected chi connectivity index (χ3v) is 5.15. The standard InChI is InChI=1S/C21H16N5/c1-24-20-16-7-9-22-11-14(16)13-25(20)19-17-12-23-10-8-18(17)26(21(19)24)15-5-3-2-4-6-15/h2-12H,13H2,1H3/q+1/i1D3. The van der Waals surface area contributed by atoms with Crippen LogP contribution in [0.4, 0.5) is 0 Å². The molecule has 4 aromatic heterocycles. The topological polar surface area (TPSA) is 39.5 Å². The molecule has 0 bridgehead atoms. The third-order valence-electron chi connectivity index (χ3n) is 5.15. The molecule has 1 aromatic carbocycles. The van der Waals surface area contributed by atoms with Crippen LogP contribution in [-0.4, -0.2) is 19.1 Å². The van der Waals surface area contributed by atoms with Crippen molar-refractivity contribution in [3.63, 3.8) is 0 Å². The van der Waals surface area contributed by atoms with E-state index in [1.54, 1.807) is 12.4 Å². The number of nitrogens with zero attached hydrogens (tertiary/aromatic N) is 5. The second-order valence-electron chi connectivity index (χ2n) is 6.51. The van der Waals surface area contributed by atoms with Crippen molar-refractivity contribution < 1.29 is 8.68 Å². The van der Waals surface area contributed by atoms with E-state index in [4.69, 9.17) is 4.11 Å². The highest BCUT2D eigenvalue weighted by Crippen LogP contribution is 2.37. The highest BCUT2D eigenvalue weighted by atomic mass is 15.2. The fourth-order valence-electron chi connectivity index (χ4n) is 4.10. The molecule has 6 rings (SSSR count). The highest BCUT2D eigenvalue weighted by Gasteiger charge is 2.35. The lowest BCUT2D eigenvalue weighted by Gasteiger charge is -2.03. The van der Waals surface area contributed by atoms with E-state index in [0.717, 1.165) is 33.2 Å². The quantitative estimate of drug-likeness (QED) is 0.431. The molecule has 1 aliphatic rings. The molecule has 5 nitrogen and oxygen atoms in total. The number of aryl methyl sites for hydroxylation is 1. The Morgan fingerprint density at radius 1 is 1.04 bits per heavy atom. The van der Waals surface area contributed by atoms with E-state index in [2.05, 4.69) is 14.5 Å². The number of fused-ring (bicyclic) bond motifs is 7. The maximum absolute atomic E-state index is 8.35. The molecule has 0 atom stereocenters. The van der Waals surface area contributed by atoms with E-state index in [-0.39, 0.29) is 0 Å². The van der Waals surface area contributed by atoms with Gasteiger partial charge in [-0.05, 0) is 24.3 Å². The molecule has 0 fully saturated rings. The average Bonchev–Trinajstić information content (AvgIpc) is 3.34. The molecule has 5 heteroatoms. The Morgan fingerprint density at radius 3 is 2.77 bits per heavy atom. The SMILES string of the molecule is [2H]C([2H])([2H])[n+]1c2n(c3c4cnccc4n(-c4ccccc4)c31)Cc1cnccc1-2. The summed E-state index contributed by atoms with van der Waals surface area (Å²) >= 11 is 0. The predicted octanol–water partition coefficient (Wildman–Crippen LogP) is 3.23. The molecule has 26 heavy (non-hydrogen) atoms. The molecule has 124 valence electrons. The van der Waals surface area contributed by atoms with Crippen molar-refractivity contribution in [2.24, 2.45) is 6.98 Å². The molecule has 0 radical (unpaired) electrons. The number of pyridine rings is 2. The number of imidazole rings is 1. The number of hydrogen-bond donors (Lipinski definition) is 0. The lowest BCUT2D eigenvalue weighted by Crippen LogP contribution is -2.31. The van der Waals surface area contributed by atoms with Gasteiger partial charge < -0.3 is 0 Å². The van der Waals surface area contributed by atoms with Gasteiger partial charge in [0, 0.05) is 30.4 Å². The van der Waals surface area contributed by atoms with E-state index in [1.807, 2.05) is 59.4 Å². The van der Waals surface area contributed by atoms with Crippen LogP contribution in [0.3, 0.4) is 0 Å². The number of hydrogen-bond acceptors (Lipinski definition) is 2. The molecular weight excluding hydrogens is 322 g/mol. The molecule has 0 saturated heterocycles. The van der Waals surface area contributed by atoms with Crippen molar-refractivity contribution in [1.82, 2.24) is 19.1 Å². The van der Waals surface area contributed by atoms with Gasteiger partial charge in [0.15, 0.2) is 5.52 Å². The summed E-state index contributed by atoms with van der Waals surface area (Å²) in [6.07, 6.45) is 7.08. The van der Waals surface area contributed by atoms with Gasteiger partial charge in [-0.15, -0.1) is 0 Å². The fourth-order valence-corrected chi connectivity index (χ4v) is 4.10. The van der Waals surface area contributed by atoms with Crippen molar-refractivity contribution in [1.29, 1.82) is 0 Å². The minimum Gasteiger partial charge on any atom is -0.264 e. The number of benzene rings is 1. The summed E-state index contributed by atoms with van der Waals surface area (Å²) in [4.78, 5) is 8.55. The molecule has 0 spiro atoms. The predicted molar refractivity (Wildman–Crippen MR) is 100 cm³/mol. The molecule has 1 aliphatic heterocycles. The zero-order valence-electron chi connectivity index (χ0n) is 16.8. The second-order valence-corrected chi connectivity index (χ2v) is 6.51. The van der Waals surface area contributed by atoms with E-state index in [1.165, 1.54) is 4.57 Å². The maximum Gasteiger partial charge on any atom is 0.274 e. The van der Waals surface area contributed by atoms with Crippen molar-refractivity contribution in [2.45, 2.75) is 6.54 Å². The van der Waals surface area contributed by atoms with Gasteiger partial charge in [-0.3, -0.25) is 9.97 Å². The molecular formula is C21H16N5+. The van der Waals surface area contributed by atoms with Crippen LogP contribution in [0.5, 0.6) is 0 Å². The largest absolute Gasteiger partial charge is 0.274 e. The Hall–Kier alpha value is -3.47. The normalized spacial score (nSPS) is 14.8. The first-order chi connectivity index (χ1) is 14.1. The van der Waals surface area contributed by atoms with Crippen LogP contribution in [0, 0.1) is 0 Å². The Kier molecular flexibility index (Phi) is 2.06. The van der Waals surface area contributed by atoms with Crippen LogP contribution in [0.1, 0.15) is 9.68 Å². The Morgan fingerprint density at radius 2 is 1.88 bits per heavy atom. The monoisotopic (exact) mass is 341 g/mol. The van der Waals surface area contributed by atoms with Gasteiger partial charge in [-0.2, -0.15) is 0 Å². The molecule has 0 N–H and O–H groups in total. The van der Waals surface area contributed by atoms with Gasteiger partial charge in [0.1, 0.15) is 11.2 Å².